The van der Waals surface area contributed by atoms with Crippen LogP contribution in [0, 0.1) is 11.7 Å². The van der Waals surface area contributed by atoms with Gasteiger partial charge in [0.1, 0.15) is 11.6 Å². The number of carbonyl (C=O) groups excluding carboxylic acids is 1. The van der Waals surface area contributed by atoms with Gasteiger partial charge in [-0.1, -0.05) is 19.1 Å². The van der Waals surface area contributed by atoms with Crippen molar-refractivity contribution in [1.82, 2.24) is 15.3 Å². The number of para-hydroxylation sites is 1. The number of nitrogens with zero attached hydrogens (tertiary/aromatic N) is 3. The number of rotatable bonds is 5. The Labute approximate surface area is 140 Å². The van der Waals surface area contributed by atoms with Crippen LogP contribution in [0.1, 0.15) is 29.5 Å². The van der Waals surface area contributed by atoms with E-state index in [-0.39, 0.29) is 11.7 Å². The predicted molar refractivity (Wildman–Crippen MR) is 90.5 cm³/mol. The van der Waals surface area contributed by atoms with Gasteiger partial charge < -0.3 is 10.2 Å². The van der Waals surface area contributed by atoms with Crippen LogP contribution in [0.15, 0.2) is 36.7 Å². The molecule has 2 aromatic rings. The van der Waals surface area contributed by atoms with E-state index < -0.39 is 0 Å². The van der Waals surface area contributed by atoms with Crippen molar-refractivity contribution in [2.75, 3.05) is 24.5 Å². The van der Waals surface area contributed by atoms with Crippen molar-refractivity contribution in [3.05, 3.63) is 53.9 Å². The van der Waals surface area contributed by atoms with Crippen LogP contribution in [0.5, 0.6) is 0 Å². The largest absolute Gasteiger partial charge is 0.369 e. The number of aromatic nitrogens is 2. The fourth-order valence-electron chi connectivity index (χ4n) is 2.92. The van der Waals surface area contributed by atoms with Crippen molar-refractivity contribution in [2.45, 2.75) is 19.8 Å². The highest BCUT2D eigenvalue weighted by atomic mass is 19.1. The maximum atomic E-state index is 13.8. The number of hydrogen-bond acceptors (Lipinski definition) is 4. The van der Waals surface area contributed by atoms with Crippen LogP contribution >= 0.6 is 0 Å². The van der Waals surface area contributed by atoms with Gasteiger partial charge in [0, 0.05) is 38.4 Å². The lowest BCUT2D eigenvalue weighted by molar-refractivity contribution is 0.0947. The SMILES string of the molecule is CCc1ncc(C(=O)NC[C@@H]2CCN(c3ccccc3F)C2)cn1. The Morgan fingerprint density at radius 3 is 2.79 bits per heavy atom. The van der Waals surface area contributed by atoms with Gasteiger partial charge in [0.05, 0.1) is 11.3 Å². The Balaban J connectivity index is 1.52. The second-order valence-corrected chi connectivity index (χ2v) is 6.00. The maximum Gasteiger partial charge on any atom is 0.254 e. The summed E-state index contributed by atoms with van der Waals surface area (Å²) in [7, 11) is 0. The molecular formula is C18H21FN4O. The smallest absolute Gasteiger partial charge is 0.254 e. The monoisotopic (exact) mass is 328 g/mol. The van der Waals surface area contributed by atoms with E-state index in [1.807, 2.05) is 17.9 Å². The predicted octanol–water partition coefficient (Wildman–Crippen LogP) is 2.43. The Hall–Kier alpha value is -2.50. The number of anilines is 1. The molecular weight excluding hydrogens is 307 g/mol. The molecule has 6 heteroatoms. The molecule has 1 aliphatic heterocycles. The first kappa shape index (κ1) is 16.4. The number of amides is 1. The third-order valence-electron chi connectivity index (χ3n) is 4.31. The van der Waals surface area contributed by atoms with Crippen LogP contribution in [0.25, 0.3) is 0 Å². The minimum absolute atomic E-state index is 0.165. The van der Waals surface area contributed by atoms with Gasteiger partial charge in [-0.2, -0.15) is 0 Å². The quantitative estimate of drug-likeness (QED) is 0.916. The number of nitrogens with one attached hydrogen (secondary N) is 1. The molecule has 1 aromatic carbocycles. The first-order chi connectivity index (χ1) is 11.7. The molecule has 0 unspecified atom stereocenters. The lowest BCUT2D eigenvalue weighted by atomic mass is 10.1. The number of carbonyl (C=O) groups is 1. The zero-order valence-corrected chi connectivity index (χ0v) is 13.7. The van der Waals surface area contributed by atoms with Crippen molar-refractivity contribution < 1.29 is 9.18 Å². The highest BCUT2D eigenvalue weighted by molar-refractivity contribution is 5.93. The second-order valence-electron chi connectivity index (χ2n) is 6.00. The Morgan fingerprint density at radius 2 is 2.08 bits per heavy atom. The number of hydrogen-bond donors (Lipinski definition) is 1. The molecule has 5 nitrogen and oxygen atoms in total. The van der Waals surface area contributed by atoms with E-state index in [1.54, 1.807) is 24.5 Å². The van der Waals surface area contributed by atoms with E-state index >= 15 is 0 Å². The van der Waals surface area contributed by atoms with Gasteiger partial charge in [0.25, 0.3) is 5.91 Å². The van der Waals surface area contributed by atoms with Crippen LogP contribution in [-0.2, 0) is 6.42 Å². The Bertz CT molecular complexity index is 704. The lowest BCUT2D eigenvalue weighted by Gasteiger charge is -2.19. The molecule has 1 atom stereocenters. The molecule has 24 heavy (non-hydrogen) atoms. The van der Waals surface area contributed by atoms with Crippen LogP contribution in [0.4, 0.5) is 10.1 Å². The summed E-state index contributed by atoms with van der Waals surface area (Å²) in [4.78, 5) is 22.5. The average molecular weight is 328 g/mol. The highest BCUT2D eigenvalue weighted by Gasteiger charge is 2.24. The topological polar surface area (TPSA) is 58.1 Å². The summed E-state index contributed by atoms with van der Waals surface area (Å²) < 4.78 is 13.8. The van der Waals surface area contributed by atoms with Crippen molar-refractivity contribution in [3.8, 4) is 0 Å². The van der Waals surface area contributed by atoms with Gasteiger partial charge in [0.15, 0.2) is 0 Å². The molecule has 0 bridgehead atoms. The molecule has 126 valence electrons. The summed E-state index contributed by atoms with van der Waals surface area (Å²) in [6.45, 7) is 4.08. The van der Waals surface area contributed by atoms with Crippen molar-refractivity contribution in [1.29, 1.82) is 0 Å². The summed E-state index contributed by atoms with van der Waals surface area (Å²) >= 11 is 0. The molecule has 1 saturated heterocycles. The van der Waals surface area contributed by atoms with E-state index in [9.17, 15) is 9.18 Å². The fraction of sp³-hybridized carbons (Fsp3) is 0.389. The van der Waals surface area contributed by atoms with Gasteiger partial charge in [0.2, 0.25) is 0 Å². The molecule has 1 aromatic heterocycles. The van der Waals surface area contributed by atoms with Crippen LogP contribution in [-0.4, -0.2) is 35.5 Å². The molecule has 0 saturated carbocycles. The summed E-state index contributed by atoms with van der Waals surface area (Å²) in [5, 5.41) is 2.93. The van der Waals surface area contributed by atoms with E-state index in [0.29, 0.717) is 23.7 Å². The summed E-state index contributed by atoms with van der Waals surface area (Å²) in [5.41, 5.74) is 1.10. The average Bonchev–Trinajstić information content (AvgIpc) is 3.09. The number of aryl methyl sites for hydroxylation is 1. The zero-order valence-electron chi connectivity index (χ0n) is 13.7. The second kappa shape index (κ2) is 7.38. The maximum absolute atomic E-state index is 13.8. The normalized spacial score (nSPS) is 17.1. The molecule has 0 radical (unpaired) electrons. The van der Waals surface area contributed by atoms with E-state index in [1.165, 1.54) is 6.07 Å². The summed E-state index contributed by atoms with van der Waals surface area (Å²) in [5.74, 6) is 0.671. The molecule has 0 spiro atoms. The van der Waals surface area contributed by atoms with Gasteiger partial charge in [-0.3, -0.25) is 4.79 Å². The third-order valence-corrected chi connectivity index (χ3v) is 4.31. The summed E-state index contributed by atoms with van der Waals surface area (Å²) in [6.07, 6.45) is 4.79. The molecule has 0 aliphatic carbocycles. The zero-order chi connectivity index (χ0) is 16.9. The van der Waals surface area contributed by atoms with Gasteiger partial charge >= 0.3 is 0 Å². The van der Waals surface area contributed by atoms with Gasteiger partial charge in [-0.05, 0) is 24.5 Å². The van der Waals surface area contributed by atoms with Gasteiger partial charge in [-0.25, -0.2) is 14.4 Å². The van der Waals surface area contributed by atoms with Crippen molar-refractivity contribution >= 4 is 11.6 Å². The van der Waals surface area contributed by atoms with Gasteiger partial charge in [-0.15, -0.1) is 0 Å². The van der Waals surface area contributed by atoms with Crippen LogP contribution < -0.4 is 10.2 Å². The standard InChI is InChI=1S/C18H21FN4O/c1-2-17-20-10-14(11-21-17)18(24)22-9-13-7-8-23(12-13)16-6-4-3-5-15(16)19/h3-6,10-11,13H,2,7-9,12H2,1H3,(H,22,24)/t13-/m0/s1. The first-order valence-electron chi connectivity index (χ1n) is 8.26. The van der Waals surface area contributed by atoms with Crippen molar-refractivity contribution in [3.63, 3.8) is 0 Å². The fourth-order valence-corrected chi connectivity index (χ4v) is 2.92. The Kier molecular flexibility index (Phi) is 5.03. The minimum Gasteiger partial charge on any atom is -0.369 e. The number of benzene rings is 1. The molecule has 1 aliphatic rings. The van der Waals surface area contributed by atoms with E-state index in [0.717, 1.165) is 31.8 Å². The molecule has 1 amide bonds. The highest BCUT2D eigenvalue weighted by Crippen LogP contribution is 2.25. The number of halogens is 1. The van der Waals surface area contributed by atoms with E-state index in [2.05, 4.69) is 15.3 Å². The molecule has 2 heterocycles. The molecule has 1 N–H and O–H groups in total. The lowest BCUT2D eigenvalue weighted by Crippen LogP contribution is -2.31. The third kappa shape index (κ3) is 3.69. The minimum atomic E-state index is -0.199. The molecule has 1 fully saturated rings. The first-order valence-corrected chi connectivity index (χ1v) is 8.26. The van der Waals surface area contributed by atoms with Crippen molar-refractivity contribution in [2.24, 2.45) is 5.92 Å². The molecule has 3 rings (SSSR count). The summed E-state index contributed by atoms with van der Waals surface area (Å²) in [6, 6.07) is 6.80. The van der Waals surface area contributed by atoms with Crippen LogP contribution in [0.3, 0.4) is 0 Å². The van der Waals surface area contributed by atoms with E-state index in [4.69, 9.17) is 0 Å². The Morgan fingerprint density at radius 1 is 1.33 bits per heavy atom. The van der Waals surface area contributed by atoms with Crippen LogP contribution in [0.2, 0.25) is 0 Å².